The molecular formula is C24H34Cl2N4O2. The first kappa shape index (κ1) is 26.4. The number of hydrogen-bond donors (Lipinski definition) is 2. The van der Waals surface area contributed by atoms with Gasteiger partial charge in [0.05, 0.1) is 0 Å². The van der Waals surface area contributed by atoms with Crippen LogP contribution < -0.4 is 16.2 Å². The molecule has 2 aliphatic rings. The summed E-state index contributed by atoms with van der Waals surface area (Å²) in [6.45, 7) is 7.13. The molecule has 6 nitrogen and oxygen atoms in total. The highest BCUT2D eigenvalue weighted by molar-refractivity contribution is 6.05. The average Bonchev–Trinajstić information content (AvgIpc) is 3.28. The van der Waals surface area contributed by atoms with Crippen molar-refractivity contribution < 1.29 is 4.79 Å². The Bertz CT molecular complexity index is 934. The zero-order valence-electron chi connectivity index (χ0n) is 18.6. The largest absolute Gasteiger partial charge is 0.322 e. The molecule has 0 saturated carbocycles. The van der Waals surface area contributed by atoms with Crippen molar-refractivity contribution >= 4 is 36.4 Å². The van der Waals surface area contributed by atoms with Gasteiger partial charge in [-0.15, -0.1) is 24.8 Å². The molecule has 8 heteroatoms. The molecule has 1 aromatic heterocycles. The van der Waals surface area contributed by atoms with Crippen LogP contribution in [0.5, 0.6) is 0 Å². The number of carbonyl (C=O) groups excluding carboxylic acids is 1. The van der Waals surface area contributed by atoms with E-state index in [0.29, 0.717) is 5.56 Å². The van der Waals surface area contributed by atoms with E-state index in [1.165, 1.54) is 31.5 Å². The number of nitrogens with one attached hydrogen (secondary N) is 2. The van der Waals surface area contributed by atoms with Crippen LogP contribution in [0.2, 0.25) is 0 Å². The summed E-state index contributed by atoms with van der Waals surface area (Å²) in [5.41, 5.74) is 2.76. The van der Waals surface area contributed by atoms with Crippen LogP contribution in [-0.4, -0.2) is 48.1 Å². The first-order valence-corrected chi connectivity index (χ1v) is 11.2. The second-order valence-electron chi connectivity index (χ2n) is 8.52. The molecule has 3 heterocycles. The van der Waals surface area contributed by atoms with Gasteiger partial charge in [0.25, 0.3) is 11.5 Å². The summed E-state index contributed by atoms with van der Waals surface area (Å²) >= 11 is 0. The molecule has 0 unspecified atom stereocenters. The van der Waals surface area contributed by atoms with Crippen molar-refractivity contribution in [1.29, 1.82) is 0 Å². The van der Waals surface area contributed by atoms with Gasteiger partial charge in [-0.05, 0) is 94.5 Å². The van der Waals surface area contributed by atoms with Gasteiger partial charge < -0.3 is 20.1 Å². The van der Waals surface area contributed by atoms with Crippen molar-refractivity contribution in [3.63, 3.8) is 0 Å². The Labute approximate surface area is 202 Å². The number of likely N-dealkylation sites (tertiary alicyclic amines) is 1. The number of amides is 1. The maximum atomic E-state index is 13.1. The molecule has 176 valence electrons. The molecule has 0 aliphatic carbocycles. The van der Waals surface area contributed by atoms with Gasteiger partial charge in [-0.25, -0.2) is 0 Å². The summed E-state index contributed by atoms with van der Waals surface area (Å²) in [5.74, 6) is -0.328. The third-order valence-corrected chi connectivity index (χ3v) is 6.38. The van der Waals surface area contributed by atoms with Gasteiger partial charge in [-0.3, -0.25) is 9.59 Å². The van der Waals surface area contributed by atoms with Crippen molar-refractivity contribution in [2.45, 2.75) is 45.1 Å². The molecule has 0 atom stereocenters. The molecule has 0 spiro atoms. The highest BCUT2D eigenvalue weighted by Gasteiger charge is 2.21. The topological polar surface area (TPSA) is 66.4 Å². The molecule has 2 N–H and O–H groups in total. The molecule has 2 fully saturated rings. The Hall–Kier alpha value is -1.86. The van der Waals surface area contributed by atoms with E-state index in [2.05, 4.69) is 27.7 Å². The maximum Gasteiger partial charge on any atom is 0.263 e. The van der Waals surface area contributed by atoms with Crippen LogP contribution in [0.15, 0.2) is 41.3 Å². The smallest absolute Gasteiger partial charge is 0.263 e. The minimum atomic E-state index is -0.328. The summed E-state index contributed by atoms with van der Waals surface area (Å²) in [6.07, 6.45) is 7.28. The third kappa shape index (κ3) is 6.35. The van der Waals surface area contributed by atoms with Crippen molar-refractivity contribution in [1.82, 2.24) is 14.8 Å². The number of piperidine rings is 1. The first-order valence-electron chi connectivity index (χ1n) is 11.2. The van der Waals surface area contributed by atoms with Crippen molar-refractivity contribution in [3.8, 4) is 0 Å². The van der Waals surface area contributed by atoms with E-state index in [4.69, 9.17) is 0 Å². The summed E-state index contributed by atoms with van der Waals surface area (Å²) in [7, 11) is 0. The molecule has 0 radical (unpaired) electrons. The van der Waals surface area contributed by atoms with Gasteiger partial charge in [-0.1, -0.05) is 12.1 Å². The zero-order chi connectivity index (χ0) is 20.9. The summed E-state index contributed by atoms with van der Waals surface area (Å²) < 4.78 is 1.74. The summed E-state index contributed by atoms with van der Waals surface area (Å²) in [4.78, 5) is 28.5. The minimum absolute atomic E-state index is 0. The van der Waals surface area contributed by atoms with E-state index in [1.807, 2.05) is 31.3 Å². The van der Waals surface area contributed by atoms with Crippen LogP contribution in [-0.2, 0) is 6.42 Å². The molecule has 32 heavy (non-hydrogen) atoms. The molecule has 4 rings (SSSR count). The fourth-order valence-electron chi connectivity index (χ4n) is 4.53. The van der Waals surface area contributed by atoms with Crippen LogP contribution >= 0.6 is 24.8 Å². The monoisotopic (exact) mass is 480 g/mol. The number of benzene rings is 1. The van der Waals surface area contributed by atoms with Gasteiger partial charge in [0, 0.05) is 24.5 Å². The fourth-order valence-corrected chi connectivity index (χ4v) is 4.53. The lowest BCUT2D eigenvalue weighted by atomic mass is 10.0. The van der Waals surface area contributed by atoms with Crippen LogP contribution in [0.4, 0.5) is 5.69 Å². The number of carbonyl (C=O) groups is 1. The molecule has 1 aromatic carbocycles. The summed E-state index contributed by atoms with van der Waals surface area (Å²) in [6, 6.07) is 10.0. The van der Waals surface area contributed by atoms with Crippen LogP contribution in [0, 0.1) is 6.92 Å². The number of halogens is 2. The van der Waals surface area contributed by atoms with E-state index in [-0.39, 0.29) is 47.9 Å². The standard InChI is InChI=1S/C24H32N4O2.2ClH/c1-18-10-17-28(21-8-12-25-13-9-21)24(30)22(18)23(29)26-20-6-4-19(5-7-20)11-16-27-14-2-3-15-27;;/h4-7,10,17,21,25H,2-3,8-9,11-16H2,1H3,(H,26,29);2*1H. The third-order valence-electron chi connectivity index (χ3n) is 6.38. The predicted molar refractivity (Wildman–Crippen MR) is 135 cm³/mol. The lowest BCUT2D eigenvalue weighted by Gasteiger charge is -2.25. The van der Waals surface area contributed by atoms with Gasteiger partial charge in [0.1, 0.15) is 5.56 Å². The molecule has 2 saturated heterocycles. The number of aromatic nitrogens is 1. The van der Waals surface area contributed by atoms with Gasteiger partial charge in [0.2, 0.25) is 0 Å². The highest BCUT2D eigenvalue weighted by Crippen LogP contribution is 2.18. The Morgan fingerprint density at radius 3 is 2.38 bits per heavy atom. The number of nitrogens with zero attached hydrogens (tertiary/aromatic N) is 2. The van der Waals surface area contributed by atoms with Crippen LogP contribution in [0.3, 0.4) is 0 Å². The number of pyridine rings is 1. The molecular weight excluding hydrogens is 447 g/mol. The second-order valence-corrected chi connectivity index (χ2v) is 8.52. The Morgan fingerprint density at radius 1 is 1.06 bits per heavy atom. The quantitative estimate of drug-likeness (QED) is 0.659. The van der Waals surface area contributed by atoms with Crippen LogP contribution in [0.1, 0.15) is 53.2 Å². The Kier molecular flexibility index (Phi) is 10.2. The van der Waals surface area contributed by atoms with Gasteiger partial charge >= 0.3 is 0 Å². The van der Waals surface area contributed by atoms with Crippen molar-refractivity contribution in [2.24, 2.45) is 0 Å². The van der Waals surface area contributed by atoms with E-state index in [0.717, 1.165) is 44.6 Å². The normalized spacial score (nSPS) is 16.8. The Balaban J connectivity index is 0.00000181. The lowest BCUT2D eigenvalue weighted by molar-refractivity contribution is 0.102. The van der Waals surface area contributed by atoms with Crippen molar-refractivity contribution in [3.05, 3.63) is 63.6 Å². The van der Waals surface area contributed by atoms with Gasteiger partial charge in [0.15, 0.2) is 0 Å². The number of hydrogen-bond acceptors (Lipinski definition) is 4. The molecule has 2 aliphatic heterocycles. The summed E-state index contributed by atoms with van der Waals surface area (Å²) in [5, 5.41) is 6.24. The van der Waals surface area contributed by atoms with Crippen LogP contribution in [0.25, 0.3) is 0 Å². The predicted octanol–water partition coefficient (Wildman–Crippen LogP) is 3.82. The number of aryl methyl sites for hydroxylation is 1. The van der Waals surface area contributed by atoms with Gasteiger partial charge in [-0.2, -0.15) is 0 Å². The lowest BCUT2D eigenvalue weighted by Crippen LogP contribution is -2.37. The number of anilines is 1. The van der Waals surface area contributed by atoms with E-state index >= 15 is 0 Å². The zero-order valence-corrected chi connectivity index (χ0v) is 20.3. The Morgan fingerprint density at radius 2 is 1.72 bits per heavy atom. The molecule has 0 bridgehead atoms. The maximum absolute atomic E-state index is 13.1. The number of rotatable bonds is 6. The van der Waals surface area contributed by atoms with E-state index < -0.39 is 0 Å². The second kappa shape index (κ2) is 12.4. The van der Waals surface area contributed by atoms with E-state index in [9.17, 15) is 9.59 Å². The molecule has 1 amide bonds. The average molecular weight is 481 g/mol. The SMILES string of the molecule is Cc1ccn(C2CCNCC2)c(=O)c1C(=O)Nc1ccc(CCN2CCCC2)cc1.Cl.Cl. The fraction of sp³-hybridized carbons (Fsp3) is 0.500. The van der Waals surface area contributed by atoms with E-state index in [1.54, 1.807) is 4.57 Å². The minimum Gasteiger partial charge on any atom is -0.322 e. The molecule has 2 aromatic rings. The van der Waals surface area contributed by atoms with Crippen molar-refractivity contribution in [2.75, 3.05) is 38.0 Å². The highest BCUT2D eigenvalue weighted by atomic mass is 35.5. The first-order chi connectivity index (χ1) is 14.6.